The minimum Gasteiger partial charge on any atom is -0.494 e. The van der Waals surface area contributed by atoms with Gasteiger partial charge in [0, 0.05) is 24.3 Å². The molecule has 2 fully saturated rings. The maximum absolute atomic E-state index is 14.2. The lowest BCUT2D eigenvalue weighted by Gasteiger charge is -2.27. The number of carbonyl (C=O) groups is 6. The highest BCUT2D eigenvalue weighted by Gasteiger charge is 2.32. The van der Waals surface area contributed by atoms with Crippen LogP contribution in [0.1, 0.15) is 162 Å². The summed E-state index contributed by atoms with van der Waals surface area (Å²) in [5, 5.41) is 7.49. The Labute approximate surface area is 496 Å². The van der Waals surface area contributed by atoms with Crippen LogP contribution in [0, 0.1) is 11.8 Å². The highest BCUT2D eigenvalue weighted by molar-refractivity contribution is 7.22. The number of ether oxygens (including phenoxy) is 8. The third-order valence-corrected chi connectivity index (χ3v) is 15.7. The molecule has 17 nitrogen and oxygen atoms in total. The van der Waals surface area contributed by atoms with Gasteiger partial charge in [-0.25, -0.2) is 29.2 Å². The number of hydrogen-bond donors (Lipinski definition) is 0. The summed E-state index contributed by atoms with van der Waals surface area (Å²) < 4.78 is 46.5. The molecule has 0 N–H and O–H groups in total. The van der Waals surface area contributed by atoms with E-state index in [0.29, 0.717) is 118 Å². The van der Waals surface area contributed by atoms with Gasteiger partial charge in [-0.3, -0.25) is 9.59 Å². The summed E-state index contributed by atoms with van der Waals surface area (Å²) in [6, 6.07) is 26.5. The van der Waals surface area contributed by atoms with E-state index < -0.39 is 41.9 Å². The predicted octanol–water partition coefficient (Wildman–Crippen LogP) is 13.7. The number of hydrogen-bond acceptors (Lipinski definition) is 18. The summed E-state index contributed by atoms with van der Waals surface area (Å²) in [6.45, 7) is 11.3. The Morgan fingerprint density at radius 1 is 0.571 bits per heavy atom. The number of carbonyl (C=O) groups excluding carboxylic acids is 6. The fourth-order valence-corrected chi connectivity index (χ4v) is 10.8. The molecule has 0 atom stereocenters. The minimum atomic E-state index is -0.564. The lowest BCUT2D eigenvalue weighted by atomic mass is 9.87. The van der Waals surface area contributed by atoms with Gasteiger partial charge in [0.1, 0.15) is 35.2 Å². The highest BCUT2D eigenvalue weighted by Crippen LogP contribution is 2.33. The molecule has 0 aliphatic heterocycles. The van der Waals surface area contributed by atoms with Crippen LogP contribution in [-0.2, 0) is 38.1 Å². The standard InChI is InChI=1S/C66H79N3O14S/c1-4-7-8-15-40-69(66-68-58-20-13-14-21-59(58)84-66)67-46-50-45-56(83-64(74)49-24-30-53(31-25-49)80-62(72)47-22-28-51(29-23-47)76-41-16-9-11-18-43-78-60(70)5-2)38-39-57(50)65(75)82-54-32-26-48(27-33-54)63(73)81-55-36-34-52(35-37-55)77-42-17-10-12-19-44-79-61(71)6-3/h5-6,13-14,20-23,28-29,34-39,45-46,48-49,53-54H,2-4,7-12,15-19,24-27,30-33,40-44H2,1H3/b67-46+/t48-,49-,53+,54-. The summed E-state index contributed by atoms with van der Waals surface area (Å²) in [5.74, 6) is -1.41. The van der Waals surface area contributed by atoms with Gasteiger partial charge in [0.05, 0.1) is 65.8 Å². The number of para-hydroxylation sites is 1. The first-order valence-electron chi connectivity index (χ1n) is 29.7. The van der Waals surface area contributed by atoms with Crippen LogP contribution < -0.4 is 24.0 Å². The van der Waals surface area contributed by atoms with Crippen LogP contribution in [0.2, 0.25) is 0 Å². The molecule has 18 heteroatoms. The van der Waals surface area contributed by atoms with Gasteiger partial charge in [0.25, 0.3) is 0 Å². The Morgan fingerprint density at radius 2 is 1.07 bits per heavy atom. The van der Waals surface area contributed by atoms with Crippen molar-refractivity contribution in [2.75, 3.05) is 38.0 Å². The molecule has 0 radical (unpaired) electrons. The first-order valence-corrected chi connectivity index (χ1v) is 30.5. The largest absolute Gasteiger partial charge is 0.494 e. The van der Waals surface area contributed by atoms with Crippen LogP contribution in [-0.4, -0.2) is 92.2 Å². The summed E-state index contributed by atoms with van der Waals surface area (Å²) in [5.41, 5.74) is 1.90. The number of benzene rings is 4. The molecule has 7 rings (SSSR count). The van der Waals surface area contributed by atoms with Crippen molar-refractivity contribution in [1.29, 1.82) is 0 Å². The van der Waals surface area contributed by atoms with Crippen molar-refractivity contribution in [2.24, 2.45) is 16.9 Å². The second kappa shape index (κ2) is 34.7. The second-order valence-corrected chi connectivity index (χ2v) is 22.0. The quantitative estimate of drug-likeness (QED) is 0.00714. The predicted molar refractivity (Wildman–Crippen MR) is 322 cm³/mol. The zero-order chi connectivity index (χ0) is 59.3. The number of thiazole rings is 1. The van der Waals surface area contributed by atoms with Gasteiger partial charge in [-0.2, -0.15) is 5.10 Å². The van der Waals surface area contributed by atoms with Crippen molar-refractivity contribution >= 4 is 68.7 Å². The Bertz CT molecular complexity index is 2930. The van der Waals surface area contributed by atoms with E-state index in [9.17, 15) is 28.8 Å². The van der Waals surface area contributed by atoms with E-state index in [2.05, 4.69) is 20.1 Å². The zero-order valence-corrected chi connectivity index (χ0v) is 49.1. The summed E-state index contributed by atoms with van der Waals surface area (Å²) >= 11 is 1.53. The zero-order valence-electron chi connectivity index (χ0n) is 48.3. The SMILES string of the molecule is C=CC(=O)OCCCCCCOc1ccc(OC(=O)[C@H]2CC[C@H](OC(=O)c3ccc(OC(=O)[C@H]4CC[C@@H](OC(=O)c5ccc(OCCCCCCOC(=O)C=C)cc5)CC4)cc3/C=N/N(CCCCCC)c3nc4ccccc4s3)CC2)cc1. The molecule has 2 saturated carbocycles. The van der Waals surface area contributed by atoms with Crippen molar-refractivity contribution in [3.8, 4) is 23.0 Å². The average molecular weight is 1170 g/mol. The van der Waals surface area contributed by atoms with Crippen molar-refractivity contribution in [1.82, 2.24) is 4.98 Å². The maximum Gasteiger partial charge on any atom is 0.339 e. The topological polar surface area (TPSA) is 205 Å². The van der Waals surface area contributed by atoms with Gasteiger partial charge in [-0.05, 0) is 188 Å². The van der Waals surface area contributed by atoms with Gasteiger partial charge in [-0.15, -0.1) is 0 Å². The lowest BCUT2D eigenvalue weighted by molar-refractivity contribution is -0.141. The van der Waals surface area contributed by atoms with E-state index in [1.165, 1.54) is 11.3 Å². The number of rotatable bonds is 34. The molecule has 5 aromatic rings. The normalized spacial score (nSPS) is 16.7. The minimum absolute atomic E-state index is 0.241. The van der Waals surface area contributed by atoms with Crippen LogP contribution in [0.4, 0.5) is 5.13 Å². The molecule has 0 bridgehead atoms. The molecule has 84 heavy (non-hydrogen) atoms. The van der Waals surface area contributed by atoms with E-state index in [-0.39, 0.29) is 29.3 Å². The first kappa shape index (κ1) is 63.7. The summed E-state index contributed by atoms with van der Waals surface area (Å²) in [7, 11) is 0. The summed E-state index contributed by atoms with van der Waals surface area (Å²) in [4.78, 5) is 81.6. The third kappa shape index (κ3) is 21.1. The molecule has 0 amide bonds. The molecule has 448 valence electrons. The average Bonchev–Trinajstić information content (AvgIpc) is 4.10. The van der Waals surface area contributed by atoms with E-state index in [1.807, 2.05) is 29.3 Å². The lowest BCUT2D eigenvalue weighted by Crippen LogP contribution is -2.30. The van der Waals surface area contributed by atoms with Gasteiger partial charge in [-0.1, -0.05) is 62.8 Å². The van der Waals surface area contributed by atoms with Gasteiger partial charge in [0.15, 0.2) is 0 Å². The molecule has 4 aromatic carbocycles. The van der Waals surface area contributed by atoms with Gasteiger partial charge >= 0.3 is 35.8 Å². The Balaban J connectivity index is 0.911. The first-order chi connectivity index (χ1) is 41.0. The van der Waals surface area contributed by atoms with Crippen LogP contribution in [0.5, 0.6) is 23.0 Å². The molecule has 2 aliphatic rings. The number of anilines is 1. The molecule has 0 saturated heterocycles. The van der Waals surface area contributed by atoms with E-state index >= 15 is 0 Å². The number of unbranched alkanes of at least 4 members (excludes halogenated alkanes) is 9. The van der Waals surface area contributed by atoms with Gasteiger partial charge < -0.3 is 37.9 Å². The molecule has 0 spiro atoms. The fourth-order valence-electron chi connectivity index (χ4n) is 9.81. The van der Waals surface area contributed by atoms with Crippen molar-refractivity contribution < 1.29 is 66.7 Å². The van der Waals surface area contributed by atoms with Gasteiger partial charge in [0.2, 0.25) is 5.13 Å². The monoisotopic (exact) mass is 1170 g/mol. The van der Waals surface area contributed by atoms with Crippen molar-refractivity contribution in [2.45, 2.75) is 148 Å². The molecular weight excluding hydrogens is 1090 g/mol. The third-order valence-electron chi connectivity index (χ3n) is 14.7. The van der Waals surface area contributed by atoms with E-state index in [0.717, 1.165) is 99.4 Å². The molecule has 1 aromatic heterocycles. The number of fused-ring (bicyclic) bond motifs is 1. The van der Waals surface area contributed by atoms with Crippen LogP contribution in [0.25, 0.3) is 10.2 Å². The highest BCUT2D eigenvalue weighted by atomic mass is 32.1. The molecular formula is C66H79N3O14S. The maximum atomic E-state index is 14.2. The van der Waals surface area contributed by atoms with Crippen LogP contribution >= 0.6 is 11.3 Å². The molecule has 0 unspecified atom stereocenters. The molecule has 1 heterocycles. The number of esters is 6. The second-order valence-electron chi connectivity index (χ2n) is 21.0. The molecule has 2 aliphatic carbocycles. The Hall–Kier alpha value is -7.86. The summed E-state index contributed by atoms with van der Waals surface area (Å²) in [6.07, 6.45) is 17.9. The van der Waals surface area contributed by atoms with Crippen molar-refractivity contribution in [3.05, 3.63) is 133 Å². The van der Waals surface area contributed by atoms with E-state index in [1.54, 1.807) is 72.9 Å². The van der Waals surface area contributed by atoms with Crippen LogP contribution in [0.15, 0.2) is 121 Å². The number of aromatic nitrogens is 1. The Morgan fingerprint density at radius 3 is 1.63 bits per heavy atom. The number of hydrazone groups is 1. The van der Waals surface area contributed by atoms with Crippen LogP contribution in [0.3, 0.4) is 0 Å². The fraction of sp³-hybridized carbons (Fsp3) is 0.455. The number of nitrogens with zero attached hydrogens (tertiary/aromatic N) is 3. The Kier molecular flexibility index (Phi) is 26.3. The smallest absolute Gasteiger partial charge is 0.339 e. The van der Waals surface area contributed by atoms with E-state index in [4.69, 9.17) is 48.0 Å². The van der Waals surface area contributed by atoms with Crippen molar-refractivity contribution in [3.63, 3.8) is 0 Å².